The number of aromatic nitrogens is 2. The second-order valence-corrected chi connectivity index (χ2v) is 8.92. The Balaban J connectivity index is 1.59. The largest absolute Gasteiger partial charge is 0.487 e. The van der Waals surface area contributed by atoms with Crippen molar-refractivity contribution in [2.45, 2.75) is 39.2 Å². The number of rotatable bonds is 4. The number of esters is 2. The van der Waals surface area contributed by atoms with Crippen LogP contribution in [0.4, 0.5) is 0 Å². The SMILES string of the molecule is CC(=O)Oc1c2c(c3ccccc3c1OC(=O)c1ccc(-[n+]3cc[nH]c3)cc1)OC(C)(C)CC2. The van der Waals surface area contributed by atoms with Crippen LogP contribution in [-0.4, -0.2) is 22.5 Å². The lowest BCUT2D eigenvalue weighted by Gasteiger charge is -2.34. The van der Waals surface area contributed by atoms with E-state index in [9.17, 15) is 9.59 Å². The molecule has 0 bridgehead atoms. The predicted molar refractivity (Wildman–Crippen MR) is 126 cm³/mol. The lowest BCUT2D eigenvalue weighted by molar-refractivity contribution is -0.594. The second kappa shape index (κ2) is 8.33. The first-order chi connectivity index (χ1) is 16.3. The van der Waals surface area contributed by atoms with E-state index in [0.29, 0.717) is 23.1 Å². The highest BCUT2D eigenvalue weighted by atomic mass is 16.6. The van der Waals surface area contributed by atoms with Crippen LogP contribution in [0, 0.1) is 0 Å². The molecule has 0 radical (unpaired) electrons. The van der Waals surface area contributed by atoms with E-state index in [1.807, 2.05) is 67.2 Å². The fraction of sp³-hybridized carbons (Fsp3) is 0.222. The molecule has 1 aromatic heterocycles. The molecule has 1 aliphatic rings. The lowest BCUT2D eigenvalue weighted by Crippen LogP contribution is -2.33. The topological polar surface area (TPSA) is 81.5 Å². The molecule has 2 heterocycles. The average molecular weight is 458 g/mol. The number of H-pyrrole nitrogens is 1. The van der Waals surface area contributed by atoms with Crippen molar-refractivity contribution in [3.05, 3.63) is 78.4 Å². The quantitative estimate of drug-likeness (QED) is 0.273. The summed E-state index contributed by atoms with van der Waals surface area (Å²) in [6.45, 7) is 5.39. The van der Waals surface area contributed by atoms with Crippen molar-refractivity contribution in [1.82, 2.24) is 4.98 Å². The van der Waals surface area contributed by atoms with Crippen molar-refractivity contribution in [2.75, 3.05) is 0 Å². The van der Waals surface area contributed by atoms with Crippen LogP contribution in [0.15, 0.2) is 67.3 Å². The second-order valence-electron chi connectivity index (χ2n) is 8.92. The van der Waals surface area contributed by atoms with Gasteiger partial charge >= 0.3 is 11.9 Å². The molecule has 0 saturated heterocycles. The fourth-order valence-electron chi connectivity index (χ4n) is 4.23. The molecule has 172 valence electrons. The molecule has 0 saturated carbocycles. The standard InChI is InChI=1S/C27H24N2O5/c1-17(30)32-25-22-12-13-27(2,3)34-23(22)20-6-4-5-7-21(20)24(25)33-26(31)18-8-10-19(11-9-18)29-15-14-28-16-29/h4-11,14-16H,12-13H2,1-3H3/p+1. The van der Waals surface area contributed by atoms with Gasteiger partial charge in [-0.1, -0.05) is 24.3 Å². The third kappa shape index (κ3) is 4.01. The van der Waals surface area contributed by atoms with Crippen molar-refractivity contribution in [1.29, 1.82) is 0 Å². The van der Waals surface area contributed by atoms with Crippen molar-refractivity contribution in [2.24, 2.45) is 0 Å². The van der Waals surface area contributed by atoms with E-state index >= 15 is 0 Å². The molecule has 0 spiro atoms. The van der Waals surface area contributed by atoms with Gasteiger partial charge in [-0.25, -0.2) is 14.3 Å². The Kier molecular flexibility index (Phi) is 5.32. The summed E-state index contributed by atoms with van der Waals surface area (Å²) >= 11 is 0. The average Bonchev–Trinajstić information content (AvgIpc) is 3.35. The molecule has 7 nitrogen and oxygen atoms in total. The molecule has 0 amide bonds. The molecule has 4 aromatic rings. The zero-order chi connectivity index (χ0) is 23.9. The fourth-order valence-corrected chi connectivity index (χ4v) is 4.23. The lowest BCUT2D eigenvalue weighted by atomic mass is 9.91. The van der Waals surface area contributed by atoms with Gasteiger partial charge in [-0.05, 0) is 51.0 Å². The molecular weight excluding hydrogens is 432 g/mol. The van der Waals surface area contributed by atoms with E-state index in [4.69, 9.17) is 14.2 Å². The zero-order valence-corrected chi connectivity index (χ0v) is 19.3. The number of hydrogen-bond acceptors (Lipinski definition) is 5. The highest BCUT2D eigenvalue weighted by Gasteiger charge is 2.34. The van der Waals surface area contributed by atoms with E-state index in [1.165, 1.54) is 6.92 Å². The van der Waals surface area contributed by atoms with Crippen LogP contribution in [0.5, 0.6) is 17.2 Å². The van der Waals surface area contributed by atoms with Crippen molar-refractivity contribution >= 4 is 22.7 Å². The van der Waals surface area contributed by atoms with E-state index in [-0.39, 0.29) is 17.1 Å². The minimum atomic E-state index is -0.541. The molecule has 7 heteroatoms. The number of benzene rings is 3. The molecule has 0 unspecified atom stereocenters. The molecule has 0 fully saturated rings. The summed E-state index contributed by atoms with van der Waals surface area (Å²) in [5.41, 5.74) is 1.65. The Morgan fingerprint density at radius 2 is 1.74 bits per heavy atom. The van der Waals surface area contributed by atoms with E-state index in [0.717, 1.165) is 23.1 Å². The third-order valence-corrected chi connectivity index (χ3v) is 5.91. The van der Waals surface area contributed by atoms with Gasteiger partial charge in [-0.2, -0.15) is 0 Å². The van der Waals surface area contributed by atoms with Gasteiger partial charge in [0.25, 0.3) is 0 Å². The van der Waals surface area contributed by atoms with Crippen LogP contribution < -0.4 is 18.8 Å². The highest BCUT2D eigenvalue weighted by Crippen LogP contribution is 2.50. The molecule has 0 atom stereocenters. The van der Waals surface area contributed by atoms with Gasteiger partial charge in [0.05, 0.1) is 5.56 Å². The molecule has 0 aliphatic carbocycles. The molecule has 5 rings (SSSR count). The van der Waals surface area contributed by atoms with Crippen LogP contribution in [0.3, 0.4) is 0 Å². The van der Waals surface area contributed by atoms with Crippen molar-refractivity contribution in [3.8, 4) is 22.9 Å². The first-order valence-corrected chi connectivity index (χ1v) is 11.1. The number of ether oxygens (including phenoxy) is 3. The van der Waals surface area contributed by atoms with Crippen molar-refractivity contribution in [3.63, 3.8) is 0 Å². The summed E-state index contributed by atoms with van der Waals surface area (Å²) in [7, 11) is 0. The number of nitrogens with one attached hydrogen (secondary N) is 1. The van der Waals surface area contributed by atoms with Crippen LogP contribution in [0.25, 0.3) is 16.5 Å². The van der Waals surface area contributed by atoms with Gasteiger partial charge in [0.15, 0.2) is 11.5 Å². The smallest absolute Gasteiger partial charge is 0.343 e. The van der Waals surface area contributed by atoms with Crippen LogP contribution in [0.2, 0.25) is 0 Å². The minimum Gasteiger partial charge on any atom is -0.487 e. The molecule has 1 N–H and O–H groups in total. The van der Waals surface area contributed by atoms with Crippen LogP contribution in [-0.2, 0) is 11.2 Å². The monoisotopic (exact) mass is 457 g/mol. The number of nitrogens with zero attached hydrogens (tertiary/aromatic N) is 1. The molecule has 1 aliphatic heterocycles. The summed E-state index contributed by atoms with van der Waals surface area (Å²) in [5, 5.41) is 1.45. The van der Waals surface area contributed by atoms with Crippen molar-refractivity contribution < 1.29 is 28.4 Å². The van der Waals surface area contributed by atoms with E-state index < -0.39 is 11.9 Å². The number of hydrogen-bond donors (Lipinski definition) is 1. The van der Waals surface area contributed by atoms with Gasteiger partial charge in [0, 0.05) is 23.3 Å². The maximum absolute atomic E-state index is 13.2. The maximum atomic E-state index is 13.2. The summed E-state index contributed by atoms with van der Waals surface area (Å²) in [5.74, 6) is 0.0935. The molecule has 34 heavy (non-hydrogen) atoms. The Morgan fingerprint density at radius 1 is 1.00 bits per heavy atom. The number of imidazole rings is 1. The highest BCUT2D eigenvalue weighted by molar-refractivity contribution is 6.01. The van der Waals surface area contributed by atoms with Crippen LogP contribution >= 0.6 is 0 Å². The molecular formula is C27H25N2O5+. The first-order valence-electron chi connectivity index (χ1n) is 11.1. The summed E-state index contributed by atoms with van der Waals surface area (Å²) < 4.78 is 19.7. The third-order valence-electron chi connectivity index (χ3n) is 5.91. The van der Waals surface area contributed by atoms with E-state index in [2.05, 4.69) is 4.98 Å². The van der Waals surface area contributed by atoms with Gasteiger partial charge < -0.3 is 14.2 Å². The number of carbonyl (C=O) groups excluding carboxylic acids is 2. The van der Waals surface area contributed by atoms with Crippen LogP contribution in [0.1, 0.15) is 43.1 Å². The predicted octanol–water partition coefficient (Wildman–Crippen LogP) is 4.69. The van der Waals surface area contributed by atoms with E-state index in [1.54, 1.807) is 18.5 Å². The van der Waals surface area contributed by atoms with Gasteiger partial charge in [0.1, 0.15) is 29.4 Å². The van der Waals surface area contributed by atoms with Gasteiger partial charge in [-0.3, -0.25) is 4.79 Å². The normalized spacial score (nSPS) is 14.2. The Labute approximate surface area is 196 Å². The summed E-state index contributed by atoms with van der Waals surface area (Å²) in [4.78, 5) is 28.2. The number of fused-ring (bicyclic) bond motifs is 3. The van der Waals surface area contributed by atoms with Gasteiger partial charge in [0.2, 0.25) is 6.33 Å². The number of carbonyl (C=O) groups is 2. The Bertz CT molecular complexity index is 1390. The zero-order valence-electron chi connectivity index (χ0n) is 19.3. The Morgan fingerprint density at radius 3 is 2.41 bits per heavy atom. The molecule has 3 aromatic carbocycles. The minimum absolute atomic E-state index is 0.224. The summed E-state index contributed by atoms with van der Waals surface area (Å²) in [6.07, 6.45) is 6.86. The number of aromatic amines is 1. The maximum Gasteiger partial charge on any atom is 0.343 e. The van der Waals surface area contributed by atoms with Gasteiger partial charge in [-0.15, -0.1) is 0 Å². The Hall–Kier alpha value is -4.13. The first kappa shape index (κ1) is 21.7. The summed E-state index contributed by atoms with van der Waals surface area (Å²) in [6, 6.07) is 14.6.